The molecule has 15 rings (SSSR count). The van der Waals surface area contributed by atoms with Crippen LogP contribution in [-0.4, -0.2) is 0 Å². The summed E-state index contributed by atoms with van der Waals surface area (Å²) in [6.45, 7) is 0. The Morgan fingerprint density at radius 2 is 0.786 bits per heavy atom. The molecule has 0 saturated carbocycles. The Morgan fingerprint density at radius 3 is 1.47 bits per heavy atom. The lowest BCUT2D eigenvalue weighted by atomic mass is 9.67. The number of hydrogen-bond acceptors (Lipinski definition) is 2. The Kier molecular flexibility index (Phi) is 8.24. The maximum atomic E-state index is 6.73. The topological polar surface area (TPSA) is 16.4 Å². The van der Waals surface area contributed by atoms with Crippen LogP contribution < -0.4 is 4.90 Å². The van der Waals surface area contributed by atoms with Gasteiger partial charge in [-0.3, -0.25) is 0 Å². The van der Waals surface area contributed by atoms with Crippen LogP contribution in [0.4, 0.5) is 17.1 Å². The summed E-state index contributed by atoms with van der Waals surface area (Å²) in [5, 5.41) is 2.17. The zero-order valence-electron chi connectivity index (χ0n) is 38.2. The molecule has 2 nitrogen and oxygen atoms in total. The lowest BCUT2D eigenvalue weighted by Gasteiger charge is -2.38. The predicted octanol–water partition coefficient (Wildman–Crippen LogP) is 17.4. The molecule has 12 aromatic rings. The standard InChI is InChI=1S/C68H43NO/c1-4-20-44(21-5-1)45-38-40-52-53-41-39-48(43-60(53)68(59(52)42-45)57-32-15-10-26-49(57)50-27-11-16-33-58(50)68)69(61-34-19-37-64-65(61)55-29-13-17-36-63(55)70-64)62-35-18-30-54-51-28-12-14-31-56(51)67(66(54)62,46-22-6-2-7-23-46)47-24-8-3-9-25-47/h1-43H. The van der Waals surface area contributed by atoms with E-state index >= 15 is 0 Å². The van der Waals surface area contributed by atoms with Gasteiger partial charge in [0.15, 0.2) is 0 Å². The summed E-state index contributed by atoms with van der Waals surface area (Å²) in [5.74, 6) is 0. The molecule has 0 fully saturated rings. The first-order valence-corrected chi connectivity index (χ1v) is 24.3. The van der Waals surface area contributed by atoms with Crippen LogP contribution in [0.25, 0.3) is 66.4 Å². The summed E-state index contributed by atoms with van der Waals surface area (Å²) in [6, 6.07) is 96.9. The van der Waals surface area contributed by atoms with E-state index in [0.29, 0.717) is 0 Å². The SMILES string of the molecule is c1ccc(-c2ccc3c(c2)C2(c4ccccc4-c4ccccc42)c2cc(N(c4cccc5c4C(c4ccccc4)(c4ccccc4)c4ccccc4-5)c4cccc5oc6ccccc6c45)ccc2-3)cc1. The van der Waals surface area contributed by atoms with Crippen molar-refractivity contribution >= 4 is 39.0 Å². The van der Waals surface area contributed by atoms with Crippen molar-refractivity contribution in [3.63, 3.8) is 0 Å². The van der Waals surface area contributed by atoms with Gasteiger partial charge in [0.2, 0.25) is 0 Å². The van der Waals surface area contributed by atoms with Gasteiger partial charge in [-0.05, 0) is 126 Å². The molecular formula is C68H43NO. The van der Waals surface area contributed by atoms with Crippen molar-refractivity contribution in [3.05, 3.63) is 305 Å². The Morgan fingerprint density at radius 1 is 0.300 bits per heavy atom. The van der Waals surface area contributed by atoms with E-state index in [9.17, 15) is 0 Å². The third kappa shape index (κ3) is 5.12. The molecule has 0 unspecified atom stereocenters. The zero-order chi connectivity index (χ0) is 46.0. The van der Waals surface area contributed by atoms with Gasteiger partial charge in [-0.1, -0.05) is 218 Å². The fraction of sp³-hybridized carbons (Fsp3) is 0.0294. The predicted molar refractivity (Wildman–Crippen MR) is 287 cm³/mol. The van der Waals surface area contributed by atoms with Gasteiger partial charge in [-0.25, -0.2) is 0 Å². The van der Waals surface area contributed by atoms with Gasteiger partial charge < -0.3 is 9.32 Å². The fourth-order valence-corrected chi connectivity index (χ4v) is 13.1. The largest absolute Gasteiger partial charge is 0.456 e. The van der Waals surface area contributed by atoms with Crippen LogP contribution >= 0.6 is 0 Å². The summed E-state index contributed by atoms with van der Waals surface area (Å²) < 4.78 is 6.73. The Labute approximate surface area is 407 Å². The monoisotopic (exact) mass is 889 g/mol. The number of benzene rings is 11. The third-order valence-electron chi connectivity index (χ3n) is 15.8. The summed E-state index contributed by atoms with van der Waals surface area (Å²) in [5.41, 5.74) is 23.9. The van der Waals surface area contributed by atoms with Gasteiger partial charge >= 0.3 is 0 Å². The van der Waals surface area contributed by atoms with Gasteiger partial charge in [0.05, 0.1) is 27.6 Å². The highest BCUT2D eigenvalue weighted by Gasteiger charge is 2.53. The first-order valence-electron chi connectivity index (χ1n) is 24.3. The van der Waals surface area contributed by atoms with Crippen LogP contribution in [-0.2, 0) is 10.8 Å². The molecule has 0 atom stereocenters. The average Bonchev–Trinajstić information content (AvgIpc) is 4.15. The van der Waals surface area contributed by atoms with E-state index in [1.807, 2.05) is 0 Å². The summed E-state index contributed by atoms with van der Waals surface area (Å²) in [7, 11) is 0. The van der Waals surface area contributed by atoms with Crippen molar-refractivity contribution in [2.24, 2.45) is 0 Å². The smallest absolute Gasteiger partial charge is 0.137 e. The molecular weight excluding hydrogens is 847 g/mol. The van der Waals surface area contributed by atoms with Crippen LogP contribution in [0, 0.1) is 0 Å². The van der Waals surface area contributed by atoms with Crippen LogP contribution in [0.1, 0.15) is 44.5 Å². The quantitative estimate of drug-likeness (QED) is 0.165. The molecule has 70 heavy (non-hydrogen) atoms. The van der Waals surface area contributed by atoms with Crippen molar-refractivity contribution in [3.8, 4) is 44.5 Å². The first kappa shape index (κ1) is 39.1. The molecule has 0 radical (unpaired) electrons. The molecule has 0 aliphatic heterocycles. The minimum Gasteiger partial charge on any atom is -0.456 e. The average molecular weight is 890 g/mol. The number of nitrogens with zero attached hydrogens (tertiary/aromatic N) is 1. The van der Waals surface area contributed by atoms with Crippen LogP contribution in [0.5, 0.6) is 0 Å². The van der Waals surface area contributed by atoms with Crippen molar-refractivity contribution in [1.29, 1.82) is 0 Å². The minimum atomic E-state index is -0.652. The Bertz CT molecular complexity index is 3990. The van der Waals surface area contributed by atoms with Crippen LogP contribution in [0.3, 0.4) is 0 Å². The van der Waals surface area contributed by atoms with Crippen LogP contribution in [0.15, 0.2) is 265 Å². The van der Waals surface area contributed by atoms with Crippen molar-refractivity contribution in [1.82, 2.24) is 0 Å². The molecule has 3 aliphatic carbocycles. The van der Waals surface area contributed by atoms with E-state index in [2.05, 4.69) is 266 Å². The second-order valence-electron chi connectivity index (χ2n) is 19.0. The maximum absolute atomic E-state index is 6.73. The number of hydrogen-bond donors (Lipinski definition) is 0. The van der Waals surface area contributed by atoms with E-state index in [1.165, 1.54) is 89.0 Å². The van der Waals surface area contributed by atoms with Gasteiger partial charge in [0.1, 0.15) is 11.2 Å². The molecule has 2 heteroatoms. The van der Waals surface area contributed by atoms with Crippen molar-refractivity contribution in [2.75, 3.05) is 4.90 Å². The van der Waals surface area contributed by atoms with Gasteiger partial charge in [-0.15, -0.1) is 0 Å². The third-order valence-corrected chi connectivity index (χ3v) is 15.8. The molecule has 3 aliphatic rings. The van der Waals surface area contributed by atoms with E-state index in [4.69, 9.17) is 4.42 Å². The normalized spacial score (nSPS) is 13.9. The van der Waals surface area contributed by atoms with E-state index in [1.54, 1.807) is 0 Å². The van der Waals surface area contributed by atoms with E-state index < -0.39 is 10.8 Å². The molecule has 326 valence electrons. The van der Waals surface area contributed by atoms with Crippen molar-refractivity contribution in [2.45, 2.75) is 10.8 Å². The summed E-state index contributed by atoms with van der Waals surface area (Å²) in [6.07, 6.45) is 0. The number of furan rings is 1. The molecule has 1 spiro atoms. The molecule has 1 heterocycles. The van der Waals surface area contributed by atoms with E-state index in [-0.39, 0.29) is 0 Å². The highest BCUT2D eigenvalue weighted by molar-refractivity contribution is 6.14. The van der Waals surface area contributed by atoms with Gasteiger partial charge in [0.25, 0.3) is 0 Å². The molecule has 0 bridgehead atoms. The summed E-state index contributed by atoms with van der Waals surface area (Å²) >= 11 is 0. The molecule has 1 aromatic heterocycles. The minimum absolute atomic E-state index is 0.578. The number of para-hydroxylation sites is 1. The number of fused-ring (bicyclic) bond motifs is 16. The Hall–Kier alpha value is -8.98. The molecule has 0 amide bonds. The van der Waals surface area contributed by atoms with Crippen LogP contribution in [0.2, 0.25) is 0 Å². The molecule has 0 N–H and O–H groups in total. The second kappa shape index (κ2) is 14.8. The maximum Gasteiger partial charge on any atom is 0.137 e. The Balaban J connectivity index is 1.08. The first-order chi connectivity index (χ1) is 34.7. The highest BCUT2D eigenvalue weighted by Crippen LogP contribution is 2.65. The highest BCUT2D eigenvalue weighted by atomic mass is 16.3. The number of anilines is 3. The lowest BCUT2D eigenvalue weighted by Crippen LogP contribution is -2.30. The lowest BCUT2D eigenvalue weighted by molar-refractivity contribution is 0.669. The molecule has 11 aromatic carbocycles. The number of rotatable bonds is 6. The summed E-state index contributed by atoms with van der Waals surface area (Å²) in [4.78, 5) is 2.56. The zero-order valence-corrected chi connectivity index (χ0v) is 38.2. The second-order valence-corrected chi connectivity index (χ2v) is 19.0. The van der Waals surface area contributed by atoms with Gasteiger partial charge in [-0.2, -0.15) is 0 Å². The van der Waals surface area contributed by atoms with E-state index in [0.717, 1.165) is 39.0 Å². The fourth-order valence-electron chi connectivity index (χ4n) is 13.1. The van der Waals surface area contributed by atoms with Crippen molar-refractivity contribution < 1.29 is 4.42 Å². The molecule has 0 saturated heterocycles. The van der Waals surface area contributed by atoms with Gasteiger partial charge in [0, 0.05) is 16.6 Å².